The number of hydrogen-bond acceptors (Lipinski definition) is 8. The Morgan fingerprint density at radius 3 is 1.47 bits per heavy atom. The molecule has 0 aliphatic carbocycles. The van der Waals surface area contributed by atoms with Crippen molar-refractivity contribution in [2.24, 2.45) is 9.98 Å². The average molecular weight is 651 g/mol. The second-order valence-corrected chi connectivity index (χ2v) is 13.6. The van der Waals surface area contributed by atoms with Gasteiger partial charge in [-0.05, 0) is 28.8 Å². The second kappa shape index (κ2) is 13.2. The molecular formula is C31H34N6O6S2. The summed E-state index contributed by atoms with van der Waals surface area (Å²) >= 11 is 0. The molecule has 0 radical (unpaired) electrons. The van der Waals surface area contributed by atoms with Gasteiger partial charge in [0.1, 0.15) is 11.7 Å². The minimum Gasteiger partial charge on any atom is -0.368 e. The number of H-pyrrole nitrogens is 2. The summed E-state index contributed by atoms with van der Waals surface area (Å²) in [5.41, 5.74) is 8.32. The fourth-order valence-corrected chi connectivity index (χ4v) is 5.42. The van der Waals surface area contributed by atoms with E-state index in [0.29, 0.717) is 12.5 Å². The number of aliphatic imine (C=N–C) groups is 2. The number of aromatic nitrogens is 2. The summed E-state index contributed by atoms with van der Waals surface area (Å²) in [6.45, 7) is 3.49. The Labute approximate surface area is 261 Å². The maximum absolute atomic E-state index is 9.19. The Bertz CT molecular complexity index is 1950. The van der Waals surface area contributed by atoms with Gasteiger partial charge in [-0.2, -0.15) is 16.8 Å². The molecule has 14 heteroatoms. The van der Waals surface area contributed by atoms with Crippen molar-refractivity contribution in [3.05, 3.63) is 107 Å². The van der Waals surface area contributed by atoms with Crippen LogP contribution in [0, 0.1) is 0 Å². The van der Waals surface area contributed by atoms with Crippen molar-refractivity contribution in [2.75, 3.05) is 38.7 Å². The topological polar surface area (TPSA) is 189 Å². The molecule has 7 rings (SSSR count). The van der Waals surface area contributed by atoms with E-state index >= 15 is 0 Å². The van der Waals surface area contributed by atoms with Crippen LogP contribution in [-0.2, 0) is 20.2 Å². The number of aromatic amines is 2. The maximum atomic E-state index is 9.19. The Kier molecular flexibility index (Phi) is 9.39. The zero-order valence-electron chi connectivity index (χ0n) is 24.6. The Hall–Kier alpha value is -4.50. The van der Waals surface area contributed by atoms with Crippen LogP contribution >= 0.6 is 0 Å². The van der Waals surface area contributed by atoms with Gasteiger partial charge in [-0.3, -0.25) is 19.1 Å². The highest BCUT2D eigenvalue weighted by atomic mass is 32.2. The molecule has 2 aromatic heterocycles. The standard InChI is InChI=1S/C29H26N6.2CH4O3S/c1-2-4-18(5-3-1)27(23-16-34-25-14-19(6-8-21(23)25)28-30-10-11-31-28)24-17-35-26-15-20(7-9-22(24)26)29-32-12-13-33-29;2*1-5(2,3)4/h1-9,14-17,27,34-35H,10-13H2,(H,30,31)(H,32,33);2*1H3,(H,2,3,4). The van der Waals surface area contributed by atoms with Crippen molar-refractivity contribution in [1.82, 2.24) is 20.6 Å². The molecule has 4 heterocycles. The van der Waals surface area contributed by atoms with Gasteiger partial charge in [0.25, 0.3) is 20.2 Å². The van der Waals surface area contributed by atoms with Crippen LogP contribution in [0.5, 0.6) is 0 Å². The van der Waals surface area contributed by atoms with Crippen molar-refractivity contribution in [2.45, 2.75) is 5.92 Å². The van der Waals surface area contributed by atoms with E-state index in [1.54, 1.807) is 0 Å². The monoisotopic (exact) mass is 650 g/mol. The summed E-state index contributed by atoms with van der Waals surface area (Å²) in [6, 6.07) is 24.0. The van der Waals surface area contributed by atoms with Crippen molar-refractivity contribution in [3.8, 4) is 0 Å². The summed E-state index contributed by atoms with van der Waals surface area (Å²) in [6.07, 6.45) is 5.76. The van der Waals surface area contributed by atoms with Gasteiger partial charge in [-0.1, -0.05) is 54.6 Å². The van der Waals surface area contributed by atoms with Crippen molar-refractivity contribution in [3.63, 3.8) is 0 Å². The summed E-state index contributed by atoms with van der Waals surface area (Å²) < 4.78 is 51.7. The van der Waals surface area contributed by atoms with Gasteiger partial charge in [-0.25, -0.2) is 0 Å². The van der Waals surface area contributed by atoms with E-state index in [9.17, 15) is 16.8 Å². The summed E-state index contributed by atoms with van der Waals surface area (Å²) in [4.78, 5) is 16.3. The smallest absolute Gasteiger partial charge is 0.261 e. The predicted octanol–water partition coefficient (Wildman–Crippen LogP) is 3.54. The molecule has 0 bridgehead atoms. The highest BCUT2D eigenvalue weighted by Gasteiger charge is 2.24. The SMILES string of the molecule is CS(=O)(=O)O.CS(=O)(=O)O.c1ccc(C(c2c[nH]c3cc(C4=NCCN4)ccc23)c2c[nH]c3cc(C4=NCCN4)ccc23)cc1. The number of rotatable bonds is 5. The van der Waals surface area contributed by atoms with Crippen LogP contribution in [-0.4, -0.2) is 86.3 Å². The van der Waals surface area contributed by atoms with Gasteiger partial charge in [0.15, 0.2) is 0 Å². The Morgan fingerprint density at radius 1 is 0.667 bits per heavy atom. The summed E-state index contributed by atoms with van der Waals surface area (Å²) in [5, 5.41) is 9.22. The summed E-state index contributed by atoms with van der Waals surface area (Å²) in [7, 11) is -7.33. The second-order valence-electron chi connectivity index (χ2n) is 10.6. The predicted molar refractivity (Wildman–Crippen MR) is 178 cm³/mol. The third-order valence-electron chi connectivity index (χ3n) is 7.08. The van der Waals surface area contributed by atoms with Crippen molar-refractivity contribution in [1.29, 1.82) is 0 Å². The fourth-order valence-electron chi connectivity index (χ4n) is 5.42. The number of fused-ring (bicyclic) bond motifs is 2. The lowest BCUT2D eigenvalue weighted by atomic mass is 9.84. The number of benzene rings is 3. The van der Waals surface area contributed by atoms with E-state index < -0.39 is 20.2 Å². The highest BCUT2D eigenvalue weighted by molar-refractivity contribution is 7.85. The molecule has 0 unspecified atom stereocenters. The van der Waals surface area contributed by atoms with Crippen LogP contribution in [0.4, 0.5) is 0 Å². The fraction of sp³-hybridized carbons (Fsp3) is 0.226. The van der Waals surface area contributed by atoms with Crippen LogP contribution in [0.1, 0.15) is 33.7 Å². The molecule has 0 atom stereocenters. The number of hydrogen-bond donors (Lipinski definition) is 6. The molecule has 5 aromatic rings. The Morgan fingerprint density at radius 2 is 1.09 bits per heavy atom. The molecule has 0 saturated carbocycles. The van der Waals surface area contributed by atoms with Crippen molar-refractivity contribution < 1.29 is 25.9 Å². The third kappa shape index (κ3) is 8.36. The molecule has 6 N–H and O–H groups in total. The minimum absolute atomic E-state index is 0.0966. The van der Waals surface area contributed by atoms with E-state index in [1.165, 1.54) is 27.5 Å². The van der Waals surface area contributed by atoms with Crippen molar-refractivity contribution >= 4 is 53.7 Å². The van der Waals surface area contributed by atoms with Gasteiger partial charge in [0, 0.05) is 64.3 Å². The van der Waals surface area contributed by atoms with Gasteiger partial charge < -0.3 is 20.6 Å². The lowest BCUT2D eigenvalue weighted by molar-refractivity contribution is 0.488. The van der Waals surface area contributed by atoms with E-state index in [-0.39, 0.29) is 5.92 Å². The summed E-state index contributed by atoms with van der Waals surface area (Å²) in [5.74, 6) is 2.06. The highest BCUT2D eigenvalue weighted by Crippen LogP contribution is 2.39. The first-order valence-corrected chi connectivity index (χ1v) is 17.7. The van der Waals surface area contributed by atoms with Crippen LogP contribution < -0.4 is 10.6 Å². The quantitative estimate of drug-likeness (QED) is 0.156. The lowest BCUT2D eigenvalue weighted by Crippen LogP contribution is -2.19. The molecule has 2 aliphatic heterocycles. The number of nitrogens with zero attached hydrogens (tertiary/aromatic N) is 2. The van der Waals surface area contributed by atoms with E-state index in [0.717, 1.165) is 60.0 Å². The van der Waals surface area contributed by atoms with Crippen LogP contribution in [0.25, 0.3) is 21.8 Å². The molecule has 2 aliphatic rings. The van der Waals surface area contributed by atoms with E-state index in [1.807, 2.05) is 0 Å². The molecule has 0 saturated heterocycles. The first kappa shape index (κ1) is 31.9. The molecule has 236 valence electrons. The minimum atomic E-state index is -3.67. The number of nitrogens with one attached hydrogen (secondary N) is 4. The maximum Gasteiger partial charge on any atom is 0.261 e. The Balaban J connectivity index is 0.000000351. The average Bonchev–Trinajstić information content (AvgIpc) is 3.80. The van der Waals surface area contributed by atoms with Crippen LogP contribution in [0.3, 0.4) is 0 Å². The molecular weight excluding hydrogens is 617 g/mol. The first-order valence-electron chi connectivity index (χ1n) is 14.0. The number of amidine groups is 2. The molecule has 12 nitrogen and oxygen atoms in total. The van der Waals surface area contributed by atoms with Crippen LogP contribution in [0.15, 0.2) is 89.1 Å². The van der Waals surface area contributed by atoms with Crippen LogP contribution in [0.2, 0.25) is 0 Å². The first-order chi connectivity index (χ1) is 21.3. The lowest BCUT2D eigenvalue weighted by Gasteiger charge is -2.17. The zero-order valence-corrected chi connectivity index (χ0v) is 26.3. The van der Waals surface area contributed by atoms with Gasteiger partial charge in [-0.15, -0.1) is 0 Å². The molecule has 0 fully saturated rings. The largest absolute Gasteiger partial charge is 0.368 e. The van der Waals surface area contributed by atoms with Gasteiger partial charge in [0.2, 0.25) is 0 Å². The molecule has 45 heavy (non-hydrogen) atoms. The third-order valence-corrected chi connectivity index (χ3v) is 7.08. The van der Waals surface area contributed by atoms with Gasteiger partial charge in [0.05, 0.1) is 25.6 Å². The molecule has 0 spiro atoms. The normalized spacial score (nSPS) is 14.6. The van der Waals surface area contributed by atoms with Gasteiger partial charge >= 0.3 is 0 Å². The zero-order chi connectivity index (χ0) is 32.2. The van der Waals surface area contributed by atoms with E-state index in [2.05, 4.69) is 110 Å². The molecule has 0 amide bonds. The van der Waals surface area contributed by atoms with E-state index in [4.69, 9.17) is 9.11 Å². The molecule has 3 aromatic carbocycles.